The quantitative estimate of drug-likeness (QED) is 0.205. The van der Waals surface area contributed by atoms with Gasteiger partial charge in [0.25, 0.3) is 0 Å². The number of para-hydroxylation sites is 2. The molecule has 0 saturated carbocycles. The maximum atomic E-state index is 12.2. The highest BCUT2D eigenvalue weighted by Gasteiger charge is 2.15. The fourth-order valence-corrected chi connectivity index (χ4v) is 2.62. The predicted octanol–water partition coefficient (Wildman–Crippen LogP) is 3.31. The van der Waals surface area contributed by atoms with Crippen molar-refractivity contribution in [2.75, 3.05) is 12.4 Å². The normalized spacial score (nSPS) is 10.4. The molecule has 8 nitrogen and oxygen atoms in total. The SMILES string of the molecule is COc1ccccc1NC(=O)C(=O)N/N=C/c1ccc(OC(=O)c2ccc(C)cc2)cc1. The zero-order valence-corrected chi connectivity index (χ0v) is 17.5. The van der Waals surface area contributed by atoms with E-state index in [4.69, 9.17) is 9.47 Å². The van der Waals surface area contributed by atoms with Crippen molar-refractivity contribution in [2.24, 2.45) is 5.10 Å². The van der Waals surface area contributed by atoms with Gasteiger partial charge < -0.3 is 14.8 Å². The van der Waals surface area contributed by atoms with Gasteiger partial charge in [0.15, 0.2) is 0 Å². The average molecular weight is 431 g/mol. The van der Waals surface area contributed by atoms with Gasteiger partial charge in [-0.15, -0.1) is 0 Å². The number of carbonyl (C=O) groups excluding carboxylic acids is 3. The third-order valence-corrected chi connectivity index (χ3v) is 4.32. The summed E-state index contributed by atoms with van der Waals surface area (Å²) in [4.78, 5) is 36.1. The first-order valence-electron chi connectivity index (χ1n) is 9.62. The van der Waals surface area contributed by atoms with E-state index in [9.17, 15) is 14.4 Å². The number of ether oxygens (including phenoxy) is 2. The van der Waals surface area contributed by atoms with Crippen LogP contribution in [-0.4, -0.2) is 31.1 Å². The number of hydrogen-bond acceptors (Lipinski definition) is 6. The standard InChI is InChI=1S/C24H21N3O5/c1-16-7-11-18(12-8-16)24(30)32-19-13-9-17(10-14-19)15-25-27-23(29)22(28)26-20-5-3-4-6-21(20)31-2/h3-15H,1-2H3,(H,26,28)(H,27,29)/b25-15+. The highest BCUT2D eigenvalue weighted by molar-refractivity contribution is 6.39. The van der Waals surface area contributed by atoms with E-state index in [0.29, 0.717) is 28.3 Å². The van der Waals surface area contributed by atoms with Gasteiger partial charge in [0.2, 0.25) is 0 Å². The van der Waals surface area contributed by atoms with Crippen LogP contribution < -0.4 is 20.2 Å². The minimum atomic E-state index is -0.934. The lowest BCUT2D eigenvalue weighted by Gasteiger charge is -2.08. The number of anilines is 1. The first-order chi connectivity index (χ1) is 15.5. The van der Waals surface area contributed by atoms with Crippen LogP contribution in [0.1, 0.15) is 21.5 Å². The minimum absolute atomic E-state index is 0.368. The maximum absolute atomic E-state index is 12.2. The fraction of sp³-hybridized carbons (Fsp3) is 0.0833. The van der Waals surface area contributed by atoms with Crippen LogP contribution in [0.2, 0.25) is 0 Å². The van der Waals surface area contributed by atoms with Crippen LogP contribution in [0.15, 0.2) is 77.9 Å². The highest BCUT2D eigenvalue weighted by atomic mass is 16.5. The summed E-state index contributed by atoms with van der Waals surface area (Å²) in [6.45, 7) is 1.94. The van der Waals surface area contributed by atoms with E-state index >= 15 is 0 Å². The second kappa shape index (κ2) is 10.5. The molecule has 0 spiro atoms. The Hall–Kier alpha value is -4.46. The Labute approximate surface area is 184 Å². The van der Waals surface area contributed by atoms with Gasteiger partial charge in [0.1, 0.15) is 11.5 Å². The van der Waals surface area contributed by atoms with Crippen molar-refractivity contribution >= 4 is 29.7 Å². The third kappa shape index (κ3) is 6.02. The lowest BCUT2D eigenvalue weighted by atomic mass is 10.1. The van der Waals surface area contributed by atoms with E-state index in [1.165, 1.54) is 13.3 Å². The molecule has 8 heteroatoms. The summed E-state index contributed by atoms with van der Waals surface area (Å²) >= 11 is 0. The van der Waals surface area contributed by atoms with Gasteiger partial charge in [-0.05, 0) is 61.0 Å². The van der Waals surface area contributed by atoms with E-state index in [2.05, 4.69) is 15.8 Å². The number of methoxy groups -OCH3 is 1. The van der Waals surface area contributed by atoms with Crippen LogP contribution in [0, 0.1) is 6.92 Å². The van der Waals surface area contributed by atoms with Crippen molar-refractivity contribution in [1.29, 1.82) is 0 Å². The molecule has 162 valence electrons. The number of amides is 2. The molecule has 0 bridgehead atoms. The van der Waals surface area contributed by atoms with Gasteiger partial charge >= 0.3 is 17.8 Å². The Kier molecular flexibility index (Phi) is 7.32. The van der Waals surface area contributed by atoms with Gasteiger partial charge in [0, 0.05) is 0 Å². The van der Waals surface area contributed by atoms with Crippen LogP contribution in [0.3, 0.4) is 0 Å². The zero-order valence-electron chi connectivity index (χ0n) is 17.5. The first kappa shape index (κ1) is 22.2. The number of esters is 1. The molecule has 32 heavy (non-hydrogen) atoms. The monoisotopic (exact) mass is 431 g/mol. The topological polar surface area (TPSA) is 106 Å². The van der Waals surface area contributed by atoms with E-state index < -0.39 is 17.8 Å². The Balaban J connectivity index is 1.52. The number of rotatable bonds is 6. The minimum Gasteiger partial charge on any atom is -0.495 e. The third-order valence-electron chi connectivity index (χ3n) is 4.32. The molecule has 0 radical (unpaired) electrons. The second-order valence-electron chi connectivity index (χ2n) is 6.68. The first-order valence-corrected chi connectivity index (χ1v) is 9.62. The van der Waals surface area contributed by atoms with Crippen LogP contribution in [0.5, 0.6) is 11.5 Å². The Bertz CT molecular complexity index is 1140. The van der Waals surface area contributed by atoms with Crippen molar-refractivity contribution in [2.45, 2.75) is 6.92 Å². The Morgan fingerprint density at radius 3 is 2.25 bits per heavy atom. The predicted molar refractivity (Wildman–Crippen MR) is 120 cm³/mol. The number of hydrazone groups is 1. The molecular formula is C24H21N3O5. The number of carbonyl (C=O) groups is 3. The molecular weight excluding hydrogens is 410 g/mol. The van der Waals surface area contributed by atoms with Gasteiger partial charge in [-0.2, -0.15) is 5.10 Å². The second-order valence-corrected chi connectivity index (χ2v) is 6.68. The molecule has 0 saturated heterocycles. The molecule has 0 aliphatic rings. The number of aryl methyl sites for hydroxylation is 1. The van der Waals surface area contributed by atoms with Gasteiger partial charge in [0.05, 0.1) is 24.6 Å². The summed E-state index contributed by atoms with van der Waals surface area (Å²) in [5.41, 5.74) is 4.66. The molecule has 0 aromatic heterocycles. The largest absolute Gasteiger partial charge is 0.495 e. The van der Waals surface area contributed by atoms with Crippen molar-refractivity contribution in [3.63, 3.8) is 0 Å². The summed E-state index contributed by atoms with van der Waals surface area (Å²) in [5, 5.41) is 6.22. The Morgan fingerprint density at radius 2 is 1.56 bits per heavy atom. The van der Waals surface area contributed by atoms with E-state index in [1.807, 2.05) is 19.1 Å². The van der Waals surface area contributed by atoms with Crippen LogP contribution >= 0.6 is 0 Å². The molecule has 0 fully saturated rings. The summed E-state index contributed by atoms with van der Waals surface area (Å²) in [5.74, 6) is -1.48. The van der Waals surface area contributed by atoms with E-state index in [-0.39, 0.29) is 0 Å². The highest BCUT2D eigenvalue weighted by Crippen LogP contribution is 2.22. The molecule has 0 aliphatic heterocycles. The van der Waals surface area contributed by atoms with Crippen LogP contribution in [0.25, 0.3) is 0 Å². The van der Waals surface area contributed by atoms with Crippen LogP contribution in [-0.2, 0) is 9.59 Å². The number of nitrogens with one attached hydrogen (secondary N) is 2. The van der Waals surface area contributed by atoms with Crippen LogP contribution in [0.4, 0.5) is 5.69 Å². The molecule has 0 heterocycles. The van der Waals surface area contributed by atoms with Gasteiger partial charge in [-0.1, -0.05) is 29.8 Å². The molecule has 3 rings (SSSR count). The number of hydrogen-bond donors (Lipinski definition) is 2. The summed E-state index contributed by atoms with van der Waals surface area (Å²) < 4.78 is 10.4. The molecule has 3 aromatic rings. The van der Waals surface area contributed by atoms with Gasteiger partial charge in [-0.25, -0.2) is 10.2 Å². The number of nitrogens with zero attached hydrogens (tertiary/aromatic N) is 1. The molecule has 0 aliphatic carbocycles. The number of benzene rings is 3. The van der Waals surface area contributed by atoms with Crippen molar-refractivity contribution in [3.05, 3.63) is 89.5 Å². The molecule has 2 N–H and O–H groups in total. The van der Waals surface area contributed by atoms with Crippen molar-refractivity contribution in [3.8, 4) is 11.5 Å². The van der Waals surface area contributed by atoms with Crippen molar-refractivity contribution < 1.29 is 23.9 Å². The fourth-order valence-electron chi connectivity index (χ4n) is 2.62. The molecule has 3 aromatic carbocycles. The smallest absolute Gasteiger partial charge is 0.343 e. The summed E-state index contributed by atoms with van der Waals surface area (Å²) in [6.07, 6.45) is 1.36. The van der Waals surface area contributed by atoms with E-state index in [1.54, 1.807) is 60.7 Å². The average Bonchev–Trinajstić information content (AvgIpc) is 2.80. The maximum Gasteiger partial charge on any atom is 0.343 e. The van der Waals surface area contributed by atoms with Gasteiger partial charge in [-0.3, -0.25) is 9.59 Å². The molecule has 0 unspecified atom stereocenters. The Morgan fingerprint density at radius 1 is 0.875 bits per heavy atom. The zero-order chi connectivity index (χ0) is 22.9. The lowest BCUT2D eigenvalue weighted by Crippen LogP contribution is -2.32. The summed E-state index contributed by atoms with van der Waals surface area (Å²) in [6, 6.07) is 20.3. The molecule has 0 atom stereocenters. The van der Waals surface area contributed by atoms with E-state index in [0.717, 1.165) is 5.56 Å². The lowest BCUT2D eigenvalue weighted by molar-refractivity contribution is -0.136. The molecule has 2 amide bonds. The summed E-state index contributed by atoms with van der Waals surface area (Å²) in [7, 11) is 1.46. The van der Waals surface area contributed by atoms with Crippen molar-refractivity contribution in [1.82, 2.24) is 5.43 Å².